The second-order valence-corrected chi connectivity index (χ2v) is 10.5. The monoisotopic (exact) mass is 638 g/mol. The Kier molecular flexibility index (Phi) is 10.5. The number of aromatic nitrogens is 2. The van der Waals surface area contributed by atoms with Crippen LogP contribution in [0.5, 0.6) is 0 Å². The molecule has 230 valence electrons. The van der Waals surface area contributed by atoms with Crippen molar-refractivity contribution in [3.8, 4) is 0 Å². The van der Waals surface area contributed by atoms with Crippen molar-refractivity contribution in [2.45, 2.75) is 53.4 Å². The van der Waals surface area contributed by atoms with Gasteiger partial charge in [-0.15, -0.1) is 0 Å². The molecule has 2 aliphatic rings. The van der Waals surface area contributed by atoms with Crippen LogP contribution >= 0.6 is 0 Å². The van der Waals surface area contributed by atoms with E-state index in [9.17, 15) is 29.4 Å². The Morgan fingerprint density at radius 2 is 1.39 bits per heavy atom. The Bertz CT molecular complexity index is 1860. The number of nitrogens with one attached hydrogen (secondary N) is 3. The largest absolute Gasteiger partial charge is 0.481 e. The van der Waals surface area contributed by atoms with E-state index >= 15 is 0 Å². The molecule has 2 aromatic heterocycles. The van der Waals surface area contributed by atoms with Gasteiger partial charge in [-0.2, -0.15) is 0 Å². The van der Waals surface area contributed by atoms with E-state index in [0.29, 0.717) is 55.8 Å². The molecule has 0 atom stereocenters. The average molecular weight is 639 g/mol. The molecule has 11 heteroatoms. The number of rotatable bonds is 11. The van der Waals surface area contributed by atoms with E-state index in [-0.39, 0.29) is 54.6 Å². The molecule has 0 radical (unpaired) electrons. The van der Waals surface area contributed by atoms with Gasteiger partial charge in [-0.3, -0.25) is 19.2 Å². The van der Waals surface area contributed by atoms with Crippen molar-refractivity contribution >= 4 is 47.7 Å². The number of aromatic amines is 2. The van der Waals surface area contributed by atoms with Gasteiger partial charge >= 0.3 is 11.9 Å². The second-order valence-electron chi connectivity index (χ2n) is 10.5. The predicted octanol–water partition coefficient (Wildman–Crippen LogP) is 3.06. The first-order valence-electron chi connectivity index (χ1n) is 13.8. The Hall–Kier alpha value is -4.73. The van der Waals surface area contributed by atoms with Crippen molar-refractivity contribution in [3.05, 3.63) is 97.6 Å². The molecule has 44 heavy (non-hydrogen) atoms. The number of hydrogen-bond acceptors (Lipinski definition) is 4. The summed E-state index contributed by atoms with van der Waals surface area (Å²) in [5, 5.41) is 23.0. The van der Waals surface area contributed by atoms with Gasteiger partial charge in [0, 0.05) is 68.7 Å². The molecule has 2 amide bonds. The summed E-state index contributed by atoms with van der Waals surface area (Å²) in [5.41, 5.74) is 7.97. The van der Waals surface area contributed by atoms with Crippen molar-refractivity contribution in [2.24, 2.45) is 4.99 Å². The molecule has 5 N–H and O–H groups in total. The number of hydrogen-bond donors (Lipinski definition) is 5. The number of carbonyl (C=O) groups excluding carboxylic acids is 2. The third-order valence-corrected chi connectivity index (χ3v) is 7.87. The number of aliphatic carboxylic acids is 2. The number of carbonyl (C=O) groups is 4. The average Bonchev–Trinajstić information content (AvgIpc) is 3.59. The molecule has 0 unspecified atom stereocenters. The van der Waals surface area contributed by atoms with Gasteiger partial charge in [0.25, 0.3) is 11.8 Å². The van der Waals surface area contributed by atoms with E-state index in [4.69, 9.17) is 0 Å². The van der Waals surface area contributed by atoms with Crippen molar-refractivity contribution in [1.29, 1.82) is 0 Å². The van der Waals surface area contributed by atoms with Gasteiger partial charge in [-0.1, -0.05) is 25.3 Å². The maximum atomic E-state index is 12.3. The summed E-state index contributed by atoms with van der Waals surface area (Å²) < 4.78 is 0. The summed E-state index contributed by atoms with van der Waals surface area (Å²) in [6.07, 6.45) is 8.80. The second kappa shape index (κ2) is 13.7. The zero-order valence-corrected chi connectivity index (χ0v) is 26.1. The molecule has 2 aliphatic heterocycles. The summed E-state index contributed by atoms with van der Waals surface area (Å²) in [4.78, 5) is 58.4. The van der Waals surface area contributed by atoms with Crippen LogP contribution in [-0.4, -0.2) is 49.6 Å². The molecule has 0 aromatic carbocycles. The van der Waals surface area contributed by atoms with E-state index in [1.807, 2.05) is 19.9 Å². The van der Waals surface area contributed by atoms with Crippen LogP contribution in [0.3, 0.4) is 0 Å². The van der Waals surface area contributed by atoms with Gasteiger partial charge < -0.3 is 25.5 Å². The zero-order valence-electron chi connectivity index (χ0n) is 25.0. The van der Waals surface area contributed by atoms with E-state index in [1.165, 1.54) is 6.08 Å². The molecule has 0 bridgehead atoms. The quantitative estimate of drug-likeness (QED) is 0.238. The van der Waals surface area contributed by atoms with Gasteiger partial charge in [0.1, 0.15) is 0 Å². The molecule has 0 spiro atoms. The number of allylic oxidation sites excluding steroid dienone is 2. The Labute approximate surface area is 264 Å². The molecule has 0 saturated carbocycles. The Morgan fingerprint density at radius 1 is 0.773 bits per heavy atom. The minimum absolute atomic E-state index is 0. The van der Waals surface area contributed by atoms with Crippen molar-refractivity contribution < 1.29 is 46.5 Å². The first-order chi connectivity index (χ1) is 20.4. The Balaban J connectivity index is 0.00000529. The molecular weight excluding hydrogens is 604 g/mol. The third kappa shape index (κ3) is 6.74. The summed E-state index contributed by atoms with van der Waals surface area (Å²) >= 11 is 0. The van der Waals surface area contributed by atoms with E-state index < -0.39 is 11.9 Å². The maximum Gasteiger partial charge on any atom is 0.303 e. The first-order valence-corrected chi connectivity index (χ1v) is 13.8. The summed E-state index contributed by atoms with van der Waals surface area (Å²) in [6.45, 7) is 14.8. The number of H-pyrrole nitrogens is 2. The number of carboxylic acid groups (broad SMARTS) is 2. The normalized spacial score (nSPS) is 16.5. The minimum atomic E-state index is -0.941. The summed E-state index contributed by atoms with van der Waals surface area (Å²) in [6, 6.07) is 0. The van der Waals surface area contributed by atoms with Crippen LogP contribution < -0.4 is 16.0 Å². The molecule has 10 nitrogen and oxygen atoms in total. The van der Waals surface area contributed by atoms with E-state index in [2.05, 4.69) is 33.4 Å². The van der Waals surface area contributed by atoms with Crippen LogP contribution in [0.25, 0.3) is 18.2 Å². The molecule has 2 aromatic rings. The van der Waals surface area contributed by atoms with Gasteiger partial charge in [0.15, 0.2) is 0 Å². The fraction of sp³-hybridized carbons (Fsp3) is 0.242. The van der Waals surface area contributed by atoms with E-state index in [1.54, 1.807) is 32.1 Å². The van der Waals surface area contributed by atoms with Crippen LogP contribution in [0.15, 0.2) is 58.3 Å². The first kappa shape index (κ1) is 33.8. The maximum absolute atomic E-state index is 12.3. The van der Waals surface area contributed by atoms with Gasteiger partial charge in [0.05, 0.1) is 11.4 Å². The van der Waals surface area contributed by atoms with Gasteiger partial charge in [-0.25, -0.2) is 4.99 Å². The predicted molar refractivity (Wildman–Crippen MR) is 165 cm³/mol. The topological polar surface area (TPSA) is 165 Å². The molecule has 4 heterocycles. The fourth-order valence-corrected chi connectivity index (χ4v) is 5.34. The number of amides is 2. The molecule has 0 aliphatic carbocycles. The van der Waals surface area contributed by atoms with Gasteiger partial charge in [-0.05, 0) is 86.6 Å². The summed E-state index contributed by atoms with van der Waals surface area (Å²) in [7, 11) is 0. The van der Waals surface area contributed by atoms with Crippen molar-refractivity contribution in [2.75, 3.05) is 0 Å². The standard InChI is InChI=1S/C33H34N4O6.Fe/c1-7-20-19(6)32(42)37-27(20)14-25-18(5)23(10-12-31(40)41)29(35-25)15-28-22(9-11-30(38)39)17(4)24(34-28)13-26-16(3)21(8-2)33(43)36-26;/h7-8,13-15,34-35H,1-2,9-12H2,3-6H3,(H,37,42)(H,38,39)(H,40,41);/b24-13?,27-14-,28-15-;. The zero-order chi connectivity index (χ0) is 31.6. The molecule has 0 fully saturated rings. The van der Waals surface area contributed by atoms with Crippen LogP contribution in [0.1, 0.15) is 60.3 Å². The minimum Gasteiger partial charge on any atom is -0.481 e. The molecule has 0 saturated heterocycles. The van der Waals surface area contributed by atoms with Crippen molar-refractivity contribution in [3.63, 3.8) is 0 Å². The summed E-state index contributed by atoms with van der Waals surface area (Å²) in [5.74, 6) is -2.46. The molecular formula is C33H34FeN4O6. The van der Waals surface area contributed by atoms with Crippen molar-refractivity contribution in [1.82, 2.24) is 15.3 Å². The smallest absolute Gasteiger partial charge is 0.303 e. The third-order valence-electron chi connectivity index (χ3n) is 7.87. The van der Waals surface area contributed by atoms with E-state index in [0.717, 1.165) is 22.3 Å². The van der Waals surface area contributed by atoms with Crippen LogP contribution in [0.4, 0.5) is 0 Å². The van der Waals surface area contributed by atoms with Crippen LogP contribution in [0, 0.1) is 13.8 Å². The van der Waals surface area contributed by atoms with Crippen LogP contribution in [0.2, 0.25) is 0 Å². The number of carboxylic acids is 2. The molecule has 4 rings (SSSR count). The van der Waals surface area contributed by atoms with Gasteiger partial charge in [0.2, 0.25) is 0 Å². The van der Waals surface area contributed by atoms with Crippen LogP contribution in [-0.2, 0) is 49.1 Å². The SMILES string of the molecule is C=CC1=C(C)C(C=c2[nH]/c(=C\c3[nH]c(/C=C4\NC(=O)C(C)=C4C=C)c(C)c3CCC(=O)O)c(CCC(=O)O)c2C)=NC1=O.[Fe]. The fourth-order valence-electron chi connectivity index (χ4n) is 5.34. The Morgan fingerprint density at radius 3 is 1.95 bits per heavy atom. The number of nitrogens with zero attached hydrogens (tertiary/aromatic N) is 1. The number of aliphatic imine (C=N–C) groups is 1.